The minimum Gasteiger partial charge on any atom is -0.550 e. The number of aliphatic carboxylic acids is 1. The van der Waals surface area contributed by atoms with Gasteiger partial charge in [0.15, 0.2) is 0 Å². The second-order valence-corrected chi connectivity index (χ2v) is 4.34. The molecule has 0 amide bonds. The van der Waals surface area contributed by atoms with E-state index in [1.165, 1.54) is 0 Å². The van der Waals surface area contributed by atoms with Crippen molar-refractivity contribution in [2.24, 2.45) is 0 Å². The first-order valence-electron chi connectivity index (χ1n) is 5.19. The minimum atomic E-state index is -1.08. The van der Waals surface area contributed by atoms with E-state index in [0.717, 1.165) is 38.5 Å². The molecular formula is C11H20HgO4. The van der Waals surface area contributed by atoms with Gasteiger partial charge in [0.1, 0.15) is 0 Å². The number of carbonyl (C=O) groups is 1. The molecule has 0 aromatic rings. The second kappa shape index (κ2) is 8.42. The largest absolute Gasteiger partial charge is 1.00 e. The molecule has 0 unspecified atom stereocenters. The summed E-state index contributed by atoms with van der Waals surface area (Å²) in [5.74, 6) is -0.177. The molecule has 0 saturated heterocycles. The predicted molar refractivity (Wildman–Crippen MR) is 54.7 cm³/mol. The Morgan fingerprint density at radius 1 is 1.44 bits per heavy atom. The van der Waals surface area contributed by atoms with Gasteiger partial charge in [0.2, 0.25) is 0 Å². The molecule has 0 heterocycles. The molecular weight excluding hydrogens is 397 g/mol. The molecule has 2 radical (unpaired) electrons. The Hall–Kier alpha value is 0.325. The van der Waals surface area contributed by atoms with Gasteiger partial charge in [0, 0.05) is 11.9 Å². The summed E-state index contributed by atoms with van der Waals surface area (Å²) in [4.78, 5) is 8.89. The fourth-order valence-corrected chi connectivity index (χ4v) is 1.71. The van der Waals surface area contributed by atoms with Crippen LogP contribution >= 0.6 is 0 Å². The molecule has 1 aliphatic carbocycles. The number of aliphatic hydroxyl groups is 2. The van der Waals surface area contributed by atoms with Crippen molar-refractivity contribution in [1.29, 1.82) is 0 Å². The Morgan fingerprint density at radius 2 is 1.88 bits per heavy atom. The summed E-state index contributed by atoms with van der Waals surface area (Å²) in [5, 5.41) is 28.0. The summed E-state index contributed by atoms with van der Waals surface area (Å²) >= 11 is 0. The van der Waals surface area contributed by atoms with E-state index in [4.69, 9.17) is 9.90 Å². The first-order chi connectivity index (χ1) is 6.75. The Kier molecular flexibility index (Phi) is 9.83. The van der Waals surface area contributed by atoms with Gasteiger partial charge in [-0.15, -0.1) is 0 Å². The average Bonchev–Trinajstić information content (AvgIpc) is 2.01. The molecule has 1 aliphatic rings. The molecule has 1 atom stereocenters. The summed E-state index contributed by atoms with van der Waals surface area (Å²) in [6, 6.07) is 0. The number of rotatable bonds is 1. The van der Waals surface area contributed by atoms with Crippen molar-refractivity contribution in [2.75, 3.05) is 0 Å². The van der Waals surface area contributed by atoms with Gasteiger partial charge in [-0.1, -0.05) is 12.8 Å². The third-order valence-electron chi connectivity index (χ3n) is 2.36. The monoisotopic (exact) mass is 418 g/mol. The van der Waals surface area contributed by atoms with Crippen LogP contribution in [0.1, 0.15) is 46.5 Å². The van der Waals surface area contributed by atoms with Gasteiger partial charge < -0.3 is 20.1 Å². The van der Waals surface area contributed by atoms with Crippen LogP contribution in [-0.4, -0.2) is 27.9 Å². The Morgan fingerprint density at radius 3 is 2.12 bits per heavy atom. The molecule has 90 valence electrons. The van der Waals surface area contributed by atoms with Crippen molar-refractivity contribution in [1.82, 2.24) is 0 Å². The normalized spacial score (nSPS) is 21.4. The van der Waals surface area contributed by atoms with Crippen molar-refractivity contribution in [3.63, 3.8) is 0 Å². The van der Waals surface area contributed by atoms with Crippen LogP contribution in [0.3, 0.4) is 0 Å². The van der Waals surface area contributed by atoms with Crippen molar-refractivity contribution >= 4 is 5.97 Å². The van der Waals surface area contributed by atoms with Gasteiger partial charge >= 0.3 is 27.7 Å². The van der Waals surface area contributed by atoms with E-state index in [-0.39, 0.29) is 33.8 Å². The van der Waals surface area contributed by atoms with E-state index in [1.807, 2.05) is 0 Å². The molecule has 16 heavy (non-hydrogen) atoms. The SMILES string of the molecule is CC(=O)[O-].CC(C)(O)[C]1CCCC[C@H]1O.[Hg+]. The zero-order valence-corrected chi connectivity index (χ0v) is 15.8. The molecule has 0 aromatic carbocycles. The maximum atomic E-state index is 9.62. The first kappa shape index (κ1) is 18.7. The van der Waals surface area contributed by atoms with Gasteiger partial charge in [-0.25, -0.2) is 0 Å². The summed E-state index contributed by atoms with van der Waals surface area (Å²) in [6.07, 6.45) is 3.52. The van der Waals surface area contributed by atoms with Crippen LogP contribution in [0.4, 0.5) is 0 Å². The number of carboxylic acids is 1. The third-order valence-corrected chi connectivity index (χ3v) is 2.36. The van der Waals surface area contributed by atoms with Gasteiger partial charge in [-0.05, 0) is 33.6 Å². The smallest absolute Gasteiger partial charge is 0.550 e. The fraction of sp³-hybridized carbons (Fsp3) is 0.818. The maximum Gasteiger partial charge on any atom is 1.00 e. The van der Waals surface area contributed by atoms with Gasteiger partial charge in [0.25, 0.3) is 0 Å². The number of carbonyl (C=O) groups excluding carboxylic acids is 1. The number of hydrogen-bond donors (Lipinski definition) is 2. The maximum absolute atomic E-state index is 9.62. The summed E-state index contributed by atoms with van der Waals surface area (Å²) in [7, 11) is 0. The van der Waals surface area contributed by atoms with Crippen LogP contribution in [0.25, 0.3) is 0 Å². The molecule has 1 fully saturated rings. The molecule has 0 bridgehead atoms. The second-order valence-electron chi connectivity index (χ2n) is 4.34. The van der Waals surface area contributed by atoms with E-state index in [1.54, 1.807) is 13.8 Å². The van der Waals surface area contributed by atoms with E-state index in [0.29, 0.717) is 0 Å². The quantitative estimate of drug-likeness (QED) is 0.591. The van der Waals surface area contributed by atoms with E-state index in [9.17, 15) is 10.2 Å². The zero-order valence-electron chi connectivity index (χ0n) is 10.3. The summed E-state index contributed by atoms with van der Waals surface area (Å²) in [6.45, 7) is 4.47. The van der Waals surface area contributed by atoms with Crippen molar-refractivity contribution in [3.05, 3.63) is 5.92 Å². The summed E-state index contributed by atoms with van der Waals surface area (Å²) < 4.78 is 0. The molecule has 1 rings (SSSR count). The molecule has 4 nitrogen and oxygen atoms in total. The van der Waals surface area contributed by atoms with Crippen LogP contribution in [0, 0.1) is 5.92 Å². The number of aliphatic hydroxyl groups excluding tert-OH is 1. The molecule has 1 saturated carbocycles. The van der Waals surface area contributed by atoms with Crippen LogP contribution in [0.15, 0.2) is 0 Å². The number of hydrogen-bond acceptors (Lipinski definition) is 4. The van der Waals surface area contributed by atoms with E-state index >= 15 is 0 Å². The van der Waals surface area contributed by atoms with Gasteiger partial charge in [-0.3, -0.25) is 0 Å². The number of carboxylic acid groups (broad SMARTS) is 1. The Balaban J connectivity index is 0. The van der Waals surface area contributed by atoms with Crippen LogP contribution in [0.5, 0.6) is 0 Å². The summed E-state index contributed by atoms with van der Waals surface area (Å²) in [5.41, 5.74) is -0.792. The standard InChI is InChI=1S/C9H17O2.C2H4O2.Hg/c1-9(2,11)7-5-3-4-6-8(7)10;1-2(3)4;/h8,10-11H,3-6H2,1-2H3;1H3,(H,3,4);/q;;+1/p-1/t8-;;/m1../s1. The van der Waals surface area contributed by atoms with Crippen molar-refractivity contribution in [2.45, 2.75) is 58.2 Å². The fourth-order valence-electron chi connectivity index (χ4n) is 1.71. The Bertz CT molecular complexity index is 197. The Labute approximate surface area is 118 Å². The van der Waals surface area contributed by atoms with Crippen LogP contribution < -0.4 is 5.11 Å². The first-order valence-corrected chi connectivity index (χ1v) is 5.19. The van der Waals surface area contributed by atoms with Crippen molar-refractivity contribution in [3.8, 4) is 0 Å². The molecule has 0 aliphatic heterocycles. The minimum absolute atomic E-state index is 0. The molecule has 5 heteroatoms. The third kappa shape index (κ3) is 8.47. The zero-order chi connectivity index (χ0) is 12.1. The van der Waals surface area contributed by atoms with Crippen molar-refractivity contribution < 1.29 is 47.8 Å². The van der Waals surface area contributed by atoms with Gasteiger partial charge in [-0.2, -0.15) is 0 Å². The van der Waals surface area contributed by atoms with Crippen LogP contribution in [-0.2, 0) is 32.5 Å². The van der Waals surface area contributed by atoms with Gasteiger partial charge in [0.05, 0.1) is 11.7 Å². The van der Waals surface area contributed by atoms with Crippen LogP contribution in [0.2, 0.25) is 0 Å². The van der Waals surface area contributed by atoms with E-state index in [2.05, 4.69) is 0 Å². The average molecular weight is 417 g/mol. The van der Waals surface area contributed by atoms with E-state index < -0.39 is 11.6 Å². The predicted octanol–water partition coefficient (Wildman–Crippen LogP) is 0.0204. The molecule has 0 spiro atoms. The molecule has 0 aromatic heterocycles. The molecule has 2 N–H and O–H groups in total. The topological polar surface area (TPSA) is 80.6 Å².